The summed E-state index contributed by atoms with van der Waals surface area (Å²) in [4.78, 5) is 14.4. The van der Waals surface area contributed by atoms with Crippen molar-refractivity contribution in [3.05, 3.63) is 24.2 Å². The predicted molar refractivity (Wildman–Crippen MR) is 77.3 cm³/mol. The fourth-order valence-electron chi connectivity index (χ4n) is 2.97. The van der Waals surface area contributed by atoms with Gasteiger partial charge >= 0.3 is 0 Å². The molecule has 0 saturated carbocycles. The number of furan rings is 1. The van der Waals surface area contributed by atoms with Crippen molar-refractivity contribution in [2.24, 2.45) is 0 Å². The highest BCUT2D eigenvalue weighted by Crippen LogP contribution is 2.22. The zero-order chi connectivity index (χ0) is 14.4. The molecule has 4 nitrogen and oxygen atoms in total. The molecule has 112 valence electrons. The molecule has 20 heavy (non-hydrogen) atoms. The minimum atomic E-state index is -0.349. The summed E-state index contributed by atoms with van der Waals surface area (Å²) in [5.41, 5.74) is 0. The zero-order valence-electron chi connectivity index (χ0n) is 12.3. The predicted octanol–water partition coefficient (Wildman–Crippen LogP) is 2.75. The molecule has 0 radical (unpaired) electrons. The summed E-state index contributed by atoms with van der Waals surface area (Å²) < 4.78 is 5.28. The molecule has 2 heterocycles. The molecule has 0 spiro atoms. The monoisotopic (exact) mass is 279 g/mol. The third-order valence-corrected chi connectivity index (χ3v) is 3.98. The van der Waals surface area contributed by atoms with Gasteiger partial charge in [0.1, 0.15) is 5.76 Å². The summed E-state index contributed by atoms with van der Waals surface area (Å²) >= 11 is 0. The van der Waals surface area contributed by atoms with E-state index in [-0.39, 0.29) is 18.1 Å². The van der Waals surface area contributed by atoms with Gasteiger partial charge in [0.05, 0.1) is 12.4 Å². The average Bonchev–Trinajstić information content (AvgIpc) is 2.82. The maximum atomic E-state index is 12.4. The topological polar surface area (TPSA) is 53.7 Å². The Morgan fingerprint density at radius 3 is 3.05 bits per heavy atom. The normalized spacial score (nSPS) is 21.5. The number of aryl methyl sites for hydroxylation is 1. The van der Waals surface area contributed by atoms with Crippen molar-refractivity contribution >= 4 is 5.91 Å². The summed E-state index contributed by atoms with van der Waals surface area (Å²) in [5, 5.41) is 9.62. The number of likely N-dealkylation sites (tertiary alicyclic amines) is 1. The Kier molecular flexibility index (Phi) is 5.65. The minimum Gasteiger partial charge on any atom is -0.469 e. The van der Waals surface area contributed by atoms with Crippen LogP contribution in [0.25, 0.3) is 0 Å². The SMILES string of the molecule is CC(O)CC1CCCCCN1C(=O)CCc1ccco1. The van der Waals surface area contributed by atoms with E-state index in [0.29, 0.717) is 19.3 Å². The van der Waals surface area contributed by atoms with E-state index in [9.17, 15) is 9.90 Å². The van der Waals surface area contributed by atoms with E-state index in [0.717, 1.165) is 31.6 Å². The van der Waals surface area contributed by atoms with Gasteiger partial charge in [-0.1, -0.05) is 12.8 Å². The van der Waals surface area contributed by atoms with Crippen LogP contribution >= 0.6 is 0 Å². The Bertz CT molecular complexity index is 400. The van der Waals surface area contributed by atoms with Crippen LogP contribution < -0.4 is 0 Å². The first-order chi connectivity index (χ1) is 9.66. The van der Waals surface area contributed by atoms with E-state index in [1.54, 1.807) is 13.2 Å². The number of aliphatic hydroxyl groups excluding tert-OH is 1. The summed E-state index contributed by atoms with van der Waals surface area (Å²) in [7, 11) is 0. The van der Waals surface area contributed by atoms with Gasteiger partial charge in [0.2, 0.25) is 5.91 Å². The Hall–Kier alpha value is -1.29. The van der Waals surface area contributed by atoms with Gasteiger partial charge in [-0.3, -0.25) is 4.79 Å². The number of nitrogens with zero attached hydrogens (tertiary/aromatic N) is 1. The zero-order valence-corrected chi connectivity index (χ0v) is 12.3. The molecule has 1 aliphatic heterocycles. The lowest BCUT2D eigenvalue weighted by molar-refractivity contribution is -0.134. The van der Waals surface area contributed by atoms with Crippen molar-refractivity contribution in [1.29, 1.82) is 0 Å². The van der Waals surface area contributed by atoms with Crippen LogP contribution in [-0.2, 0) is 11.2 Å². The van der Waals surface area contributed by atoms with Crippen molar-refractivity contribution in [2.75, 3.05) is 6.54 Å². The summed E-state index contributed by atoms with van der Waals surface area (Å²) in [6, 6.07) is 3.95. The molecular formula is C16H25NO3. The van der Waals surface area contributed by atoms with Crippen molar-refractivity contribution in [3.8, 4) is 0 Å². The standard InChI is InChI=1S/C16H25NO3/c1-13(18)12-14-6-3-2-4-10-17(14)16(19)9-8-15-7-5-11-20-15/h5,7,11,13-14,18H,2-4,6,8-10,12H2,1H3. The van der Waals surface area contributed by atoms with E-state index in [1.165, 1.54) is 6.42 Å². The van der Waals surface area contributed by atoms with E-state index < -0.39 is 0 Å². The Morgan fingerprint density at radius 2 is 2.35 bits per heavy atom. The molecule has 4 heteroatoms. The number of carbonyl (C=O) groups is 1. The summed E-state index contributed by atoms with van der Waals surface area (Å²) in [6.45, 7) is 2.63. The van der Waals surface area contributed by atoms with E-state index in [1.807, 2.05) is 17.0 Å². The smallest absolute Gasteiger partial charge is 0.223 e. The van der Waals surface area contributed by atoms with Gasteiger partial charge < -0.3 is 14.4 Å². The van der Waals surface area contributed by atoms with Crippen LogP contribution in [0.15, 0.2) is 22.8 Å². The highest BCUT2D eigenvalue weighted by molar-refractivity contribution is 5.76. The summed E-state index contributed by atoms with van der Waals surface area (Å²) in [6.07, 6.45) is 7.54. The highest BCUT2D eigenvalue weighted by atomic mass is 16.3. The van der Waals surface area contributed by atoms with Gasteiger partial charge in [-0.15, -0.1) is 0 Å². The van der Waals surface area contributed by atoms with E-state index in [2.05, 4.69) is 0 Å². The molecule has 1 aromatic heterocycles. The molecule has 2 atom stereocenters. The first-order valence-electron chi connectivity index (χ1n) is 7.66. The van der Waals surface area contributed by atoms with Crippen molar-refractivity contribution in [1.82, 2.24) is 4.90 Å². The van der Waals surface area contributed by atoms with Crippen LogP contribution in [0.4, 0.5) is 0 Å². The second-order valence-corrected chi connectivity index (χ2v) is 5.75. The molecule has 1 aromatic rings. The molecule has 0 bridgehead atoms. The van der Waals surface area contributed by atoms with E-state index in [4.69, 9.17) is 4.42 Å². The maximum absolute atomic E-state index is 12.4. The van der Waals surface area contributed by atoms with Gasteiger partial charge in [-0.2, -0.15) is 0 Å². The van der Waals surface area contributed by atoms with Gasteiger partial charge in [-0.05, 0) is 38.3 Å². The average molecular weight is 279 g/mol. The van der Waals surface area contributed by atoms with Crippen LogP contribution in [-0.4, -0.2) is 34.6 Å². The molecule has 0 aliphatic carbocycles. The molecule has 2 unspecified atom stereocenters. The van der Waals surface area contributed by atoms with Crippen LogP contribution in [0, 0.1) is 0 Å². The molecule has 2 rings (SSSR count). The summed E-state index contributed by atoms with van der Waals surface area (Å²) in [5.74, 6) is 1.05. The first-order valence-corrected chi connectivity index (χ1v) is 7.66. The fraction of sp³-hybridized carbons (Fsp3) is 0.688. The van der Waals surface area contributed by atoms with Crippen molar-refractivity contribution in [2.45, 2.75) is 64.0 Å². The lowest BCUT2D eigenvalue weighted by Crippen LogP contribution is -2.41. The number of aliphatic hydroxyl groups is 1. The second-order valence-electron chi connectivity index (χ2n) is 5.75. The number of hydrogen-bond acceptors (Lipinski definition) is 3. The Labute approximate surface area is 120 Å². The second kappa shape index (κ2) is 7.48. The lowest BCUT2D eigenvalue weighted by Gasteiger charge is -2.31. The largest absolute Gasteiger partial charge is 0.469 e. The van der Waals surface area contributed by atoms with Crippen molar-refractivity contribution < 1.29 is 14.3 Å². The quantitative estimate of drug-likeness (QED) is 0.901. The van der Waals surface area contributed by atoms with Crippen LogP contribution in [0.5, 0.6) is 0 Å². The van der Waals surface area contributed by atoms with Gasteiger partial charge in [0, 0.05) is 25.4 Å². The van der Waals surface area contributed by atoms with Gasteiger partial charge in [0.25, 0.3) is 0 Å². The highest BCUT2D eigenvalue weighted by Gasteiger charge is 2.26. The Balaban J connectivity index is 1.92. The Morgan fingerprint density at radius 1 is 1.50 bits per heavy atom. The molecule has 1 aliphatic rings. The van der Waals surface area contributed by atoms with Crippen molar-refractivity contribution in [3.63, 3.8) is 0 Å². The molecule has 1 saturated heterocycles. The van der Waals surface area contributed by atoms with Gasteiger partial charge in [0.15, 0.2) is 0 Å². The van der Waals surface area contributed by atoms with Crippen LogP contribution in [0.3, 0.4) is 0 Å². The number of amides is 1. The fourth-order valence-corrected chi connectivity index (χ4v) is 2.97. The molecular weight excluding hydrogens is 254 g/mol. The van der Waals surface area contributed by atoms with Crippen LogP contribution in [0.2, 0.25) is 0 Å². The molecule has 0 aromatic carbocycles. The maximum Gasteiger partial charge on any atom is 0.223 e. The number of carbonyl (C=O) groups excluding carboxylic acids is 1. The lowest BCUT2D eigenvalue weighted by atomic mass is 10.0. The first kappa shape index (κ1) is 15.1. The third kappa shape index (κ3) is 4.37. The minimum absolute atomic E-state index is 0.189. The van der Waals surface area contributed by atoms with E-state index >= 15 is 0 Å². The molecule has 1 amide bonds. The number of rotatable bonds is 5. The third-order valence-electron chi connectivity index (χ3n) is 3.98. The molecule has 1 N–H and O–H groups in total. The molecule has 1 fully saturated rings. The van der Waals surface area contributed by atoms with Gasteiger partial charge in [-0.25, -0.2) is 0 Å². The van der Waals surface area contributed by atoms with Crippen LogP contribution in [0.1, 0.15) is 51.2 Å². The number of hydrogen-bond donors (Lipinski definition) is 1.